The Bertz CT molecular complexity index is 335. The molecular formula is C11H11F2N. The quantitative estimate of drug-likeness (QED) is 0.729. The lowest BCUT2D eigenvalue weighted by atomic mass is 10.1. The predicted molar refractivity (Wildman–Crippen MR) is 51.6 cm³/mol. The van der Waals surface area contributed by atoms with Gasteiger partial charge in [0.25, 0.3) is 0 Å². The van der Waals surface area contributed by atoms with Gasteiger partial charge in [-0.05, 0) is 19.1 Å². The molecule has 74 valence electrons. The van der Waals surface area contributed by atoms with Crippen LogP contribution in [0.1, 0.15) is 18.5 Å². The van der Waals surface area contributed by atoms with E-state index < -0.39 is 17.7 Å². The zero-order chi connectivity index (χ0) is 10.6. The number of nitrogens with one attached hydrogen (secondary N) is 1. The van der Waals surface area contributed by atoms with Crippen molar-refractivity contribution in [2.45, 2.75) is 13.0 Å². The molecule has 0 fully saturated rings. The summed E-state index contributed by atoms with van der Waals surface area (Å²) >= 11 is 0. The molecule has 0 aromatic heterocycles. The predicted octanol–water partition coefficient (Wildman–Crippen LogP) is 2.25. The van der Waals surface area contributed by atoms with Crippen LogP contribution in [0.3, 0.4) is 0 Å². The van der Waals surface area contributed by atoms with Crippen molar-refractivity contribution >= 4 is 0 Å². The lowest BCUT2D eigenvalue weighted by Gasteiger charge is -2.13. The van der Waals surface area contributed by atoms with Gasteiger partial charge in [-0.1, -0.05) is 12.0 Å². The largest absolute Gasteiger partial charge is 0.299 e. The van der Waals surface area contributed by atoms with E-state index in [-0.39, 0.29) is 12.1 Å². The van der Waals surface area contributed by atoms with Gasteiger partial charge in [0.05, 0.1) is 6.54 Å². The van der Waals surface area contributed by atoms with Crippen LogP contribution in [0.5, 0.6) is 0 Å². The maximum Gasteiger partial charge on any atom is 0.130 e. The molecule has 0 saturated heterocycles. The van der Waals surface area contributed by atoms with E-state index in [1.165, 1.54) is 18.2 Å². The Kier molecular flexibility index (Phi) is 3.61. The summed E-state index contributed by atoms with van der Waals surface area (Å²) in [5.41, 5.74) is 0.0303. The summed E-state index contributed by atoms with van der Waals surface area (Å²) in [5.74, 6) is 1.24. The first-order chi connectivity index (χ1) is 6.66. The molecule has 1 rings (SSSR count). The third-order valence-corrected chi connectivity index (χ3v) is 1.94. The summed E-state index contributed by atoms with van der Waals surface area (Å²) in [6, 6.07) is 3.37. The summed E-state index contributed by atoms with van der Waals surface area (Å²) in [6.45, 7) is 1.95. The van der Waals surface area contributed by atoms with Crippen molar-refractivity contribution in [1.29, 1.82) is 0 Å². The average molecular weight is 195 g/mol. The summed E-state index contributed by atoms with van der Waals surface area (Å²) < 4.78 is 26.4. The van der Waals surface area contributed by atoms with E-state index in [4.69, 9.17) is 6.42 Å². The molecule has 0 aliphatic rings. The van der Waals surface area contributed by atoms with Crippen LogP contribution < -0.4 is 5.32 Å². The van der Waals surface area contributed by atoms with Crippen LogP contribution in [0.2, 0.25) is 0 Å². The highest BCUT2D eigenvalue weighted by atomic mass is 19.1. The van der Waals surface area contributed by atoms with Crippen molar-refractivity contribution < 1.29 is 8.78 Å². The fourth-order valence-electron chi connectivity index (χ4n) is 1.24. The second-order valence-electron chi connectivity index (χ2n) is 2.94. The molecule has 1 aromatic rings. The molecule has 0 saturated carbocycles. The number of rotatable bonds is 3. The molecule has 0 spiro atoms. The molecule has 1 unspecified atom stereocenters. The molecule has 14 heavy (non-hydrogen) atoms. The van der Waals surface area contributed by atoms with Crippen LogP contribution in [0, 0.1) is 24.0 Å². The molecular weight excluding hydrogens is 184 g/mol. The number of hydrogen-bond acceptors (Lipinski definition) is 1. The van der Waals surface area contributed by atoms with E-state index in [0.717, 1.165) is 0 Å². The number of benzene rings is 1. The SMILES string of the molecule is C#CCNC(C)c1c(F)cccc1F. The standard InChI is InChI=1S/C11H11F2N/c1-3-7-14-8(2)11-9(12)5-4-6-10(11)13/h1,4-6,8,14H,7H2,2H3. The number of hydrogen-bond donors (Lipinski definition) is 1. The van der Waals surface area contributed by atoms with Crippen molar-refractivity contribution in [3.63, 3.8) is 0 Å². The molecule has 3 heteroatoms. The topological polar surface area (TPSA) is 12.0 Å². The van der Waals surface area contributed by atoms with Crippen LogP contribution in [-0.4, -0.2) is 6.54 Å². The van der Waals surface area contributed by atoms with Crippen LogP contribution in [0.25, 0.3) is 0 Å². The highest BCUT2D eigenvalue weighted by molar-refractivity contribution is 5.22. The molecule has 0 heterocycles. The zero-order valence-corrected chi connectivity index (χ0v) is 7.85. The number of terminal acetylenes is 1. The van der Waals surface area contributed by atoms with Gasteiger partial charge in [-0.2, -0.15) is 0 Å². The van der Waals surface area contributed by atoms with Gasteiger partial charge < -0.3 is 0 Å². The summed E-state index contributed by atoms with van der Waals surface area (Å²) in [6.07, 6.45) is 5.03. The first kappa shape index (κ1) is 10.7. The van der Waals surface area contributed by atoms with Gasteiger partial charge in [0, 0.05) is 11.6 Å². The fraction of sp³-hybridized carbons (Fsp3) is 0.273. The van der Waals surface area contributed by atoms with Crippen LogP contribution >= 0.6 is 0 Å². The molecule has 0 radical (unpaired) electrons. The highest BCUT2D eigenvalue weighted by Crippen LogP contribution is 2.19. The van der Waals surface area contributed by atoms with E-state index in [1.807, 2.05) is 0 Å². The summed E-state index contributed by atoms with van der Waals surface area (Å²) in [7, 11) is 0. The Labute approximate surface area is 82.1 Å². The summed E-state index contributed by atoms with van der Waals surface area (Å²) in [4.78, 5) is 0. The lowest BCUT2D eigenvalue weighted by molar-refractivity contribution is 0.503. The first-order valence-corrected chi connectivity index (χ1v) is 4.27. The molecule has 1 aromatic carbocycles. The summed E-state index contributed by atoms with van der Waals surface area (Å²) in [5, 5.41) is 2.81. The van der Waals surface area contributed by atoms with E-state index in [9.17, 15) is 8.78 Å². The minimum atomic E-state index is -0.554. The second kappa shape index (κ2) is 4.73. The van der Waals surface area contributed by atoms with Gasteiger partial charge in [0.2, 0.25) is 0 Å². The van der Waals surface area contributed by atoms with E-state index in [1.54, 1.807) is 6.92 Å². The Morgan fingerprint density at radius 3 is 2.50 bits per heavy atom. The van der Waals surface area contributed by atoms with Gasteiger partial charge in [0.1, 0.15) is 11.6 Å². The number of halogens is 2. The molecule has 0 amide bonds. The van der Waals surface area contributed by atoms with E-state index in [2.05, 4.69) is 11.2 Å². The third-order valence-electron chi connectivity index (χ3n) is 1.94. The van der Waals surface area contributed by atoms with Crippen molar-refractivity contribution in [3.8, 4) is 12.3 Å². The smallest absolute Gasteiger partial charge is 0.130 e. The molecule has 1 N–H and O–H groups in total. The van der Waals surface area contributed by atoms with Gasteiger partial charge in [-0.15, -0.1) is 6.42 Å². The van der Waals surface area contributed by atoms with Crippen LogP contribution in [-0.2, 0) is 0 Å². The molecule has 1 nitrogen and oxygen atoms in total. The maximum absolute atomic E-state index is 13.2. The third kappa shape index (κ3) is 2.30. The van der Waals surface area contributed by atoms with E-state index in [0.29, 0.717) is 0 Å². The Morgan fingerprint density at radius 1 is 1.43 bits per heavy atom. The molecule has 0 aliphatic heterocycles. The normalized spacial score (nSPS) is 12.1. The maximum atomic E-state index is 13.2. The minimum absolute atomic E-state index is 0.0303. The van der Waals surface area contributed by atoms with Crippen molar-refractivity contribution in [3.05, 3.63) is 35.4 Å². The van der Waals surface area contributed by atoms with Gasteiger partial charge >= 0.3 is 0 Å². The Balaban J connectivity index is 2.89. The van der Waals surface area contributed by atoms with Gasteiger partial charge in [-0.3, -0.25) is 5.32 Å². The molecule has 0 aliphatic carbocycles. The minimum Gasteiger partial charge on any atom is -0.299 e. The van der Waals surface area contributed by atoms with Crippen molar-refractivity contribution in [2.75, 3.05) is 6.54 Å². The zero-order valence-electron chi connectivity index (χ0n) is 7.85. The van der Waals surface area contributed by atoms with Crippen LogP contribution in [0.4, 0.5) is 8.78 Å². The Hall–Kier alpha value is -1.40. The highest BCUT2D eigenvalue weighted by Gasteiger charge is 2.14. The second-order valence-corrected chi connectivity index (χ2v) is 2.94. The molecule has 0 bridgehead atoms. The fourth-order valence-corrected chi connectivity index (χ4v) is 1.24. The van der Waals surface area contributed by atoms with E-state index >= 15 is 0 Å². The van der Waals surface area contributed by atoms with Crippen molar-refractivity contribution in [1.82, 2.24) is 5.32 Å². The lowest BCUT2D eigenvalue weighted by Crippen LogP contribution is -2.20. The molecule has 1 atom stereocenters. The van der Waals surface area contributed by atoms with Gasteiger partial charge in [0.15, 0.2) is 0 Å². The van der Waals surface area contributed by atoms with Crippen LogP contribution in [0.15, 0.2) is 18.2 Å². The monoisotopic (exact) mass is 195 g/mol. The van der Waals surface area contributed by atoms with Gasteiger partial charge in [-0.25, -0.2) is 8.78 Å². The first-order valence-electron chi connectivity index (χ1n) is 4.27. The average Bonchev–Trinajstić information content (AvgIpc) is 2.14. The Morgan fingerprint density at radius 2 is 2.00 bits per heavy atom. The van der Waals surface area contributed by atoms with Crippen molar-refractivity contribution in [2.24, 2.45) is 0 Å².